The van der Waals surface area contributed by atoms with Gasteiger partial charge in [0.2, 0.25) is 6.29 Å². The smallest absolute Gasteiger partial charge is 0.203 e. The molecule has 0 saturated carbocycles. The summed E-state index contributed by atoms with van der Waals surface area (Å²) in [5.74, 6) is 0. The molecule has 0 unspecified atom stereocenters. The molecule has 0 aromatic heterocycles. The van der Waals surface area contributed by atoms with Crippen molar-refractivity contribution < 1.29 is 4.79 Å². The van der Waals surface area contributed by atoms with E-state index in [0.29, 0.717) is 6.42 Å². The minimum atomic E-state index is 0.184. The van der Waals surface area contributed by atoms with Gasteiger partial charge in [0.25, 0.3) is 0 Å². The first-order valence-electron chi connectivity index (χ1n) is 4.48. The second-order valence-corrected chi connectivity index (χ2v) is 4.27. The Kier molecular flexibility index (Phi) is 2.86. The highest BCUT2D eigenvalue weighted by Gasteiger charge is 2.12. The molecule has 0 aliphatic rings. The zero-order valence-electron chi connectivity index (χ0n) is 8.42. The van der Waals surface area contributed by atoms with E-state index in [1.165, 1.54) is 5.56 Å². The van der Waals surface area contributed by atoms with Crippen molar-refractivity contribution in [3.8, 4) is 0 Å². The topological polar surface area (TPSA) is 17.1 Å². The van der Waals surface area contributed by atoms with E-state index in [-0.39, 0.29) is 5.41 Å². The molecule has 0 heterocycles. The predicted molar refractivity (Wildman–Crippen MR) is 54.5 cm³/mol. The van der Waals surface area contributed by atoms with Crippen LogP contribution in [-0.4, -0.2) is 6.29 Å². The summed E-state index contributed by atoms with van der Waals surface area (Å²) in [6, 6.07) is 8.14. The molecule has 0 fully saturated rings. The van der Waals surface area contributed by atoms with Gasteiger partial charge in [-0.25, -0.2) is 0 Å². The summed E-state index contributed by atoms with van der Waals surface area (Å²) in [5.41, 5.74) is 2.51. The van der Waals surface area contributed by atoms with Crippen molar-refractivity contribution in [2.45, 2.75) is 32.6 Å². The third-order valence-corrected chi connectivity index (χ3v) is 2.10. The lowest BCUT2D eigenvalue weighted by atomic mass is 9.86. The molecule has 1 rings (SSSR count). The second-order valence-electron chi connectivity index (χ2n) is 4.27. The molecule has 1 heteroatoms. The van der Waals surface area contributed by atoms with Crippen LogP contribution in [0.2, 0.25) is 0 Å². The Morgan fingerprint density at radius 3 is 2.08 bits per heavy atom. The van der Waals surface area contributed by atoms with E-state index >= 15 is 0 Å². The van der Waals surface area contributed by atoms with E-state index in [2.05, 4.69) is 32.9 Å². The van der Waals surface area contributed by atoms with E-state index in [4.69, 9.17) is 0 Å². The largest absolute Gasteiger partial charge is 0.291 e. The van der Waals surface area contributed by atoms with Gasteiger partial charge in [0.05, 0.1) is 0 Å². The van der Waals surface area contributed by atoms with Crippen molar-refractivity contribution in [3.05, 3.63) is 35.4 Å². The fraction of sp³-hybridized carbons (Fsp3) is 0.417. The lowest BCUT2D eigenvalue weighted by Crippen LogP contribution is -2.10. The molecule has 0 saturated heterocycles. The summed E-state index contributed by atoms with van der Waals surface area (Å²) in [6.07, 6.45) is 2.29. The van der Waals surface area contributed by atoms with Crippen LogP contribution in [0.15, 0.2) is 24.3 Å². The van der Waals surface area contributed by atoms with Crippen LogP contribution in [0.4, 0.5) is 0 Å². The molecular formula is C12H15O. The van der Waals surface area contributed by atoms with Crippen LogP contribution in [0.5, 0.6) is 0 Å². The molecule has 0 aliphatic heterocycles. The highest BCUT2D eigenvalue weighted by atomic mass is 16.1. The maximum atomic E-state index is 10.1. The number of benzene rings is 1. The van der Waals surface area contributed by atoms with Crippen LogP contribution < -0.4 is 0 Å². The van der Waals surface area contributed by atoms with E-state index in [1.54, 1.807) is 0 Å². The van der Waals surface area contributed by atoms with Crippen molar-refractivity contribution in [3.63, 3.8) is 0 Å². The van der Waals surface area contributed by atoms with Gasteiger partial charge in [-0.15, -0.1) is 0 Å². The lowest BCUT2D eigenvalue weighted by molar-refractivity contribution is 0.555. The quantitative estimate of drug-likeness (QED) is 0.675. The maximum absolute atomic E-state index is 10.1. The summed E-state index contributed by atoms with van der Waals surface area (Å²) in [7, 11) is 0. The SMILES string of the molecule is CC(C)(C)c1ccc(C[C]=O)cc1. The monoisotopic (exact) mass is 175 g/mol. The fourth-order valence-electron chi connectivity index (χ4n) is 1.21. The first kappa shape index (κ1) is 9.97. The molecule has 1 aromatic rings. The molecule has 69 valence electrons. The van der Waals surface area contributed by atoms with Crippen LogP contribution in [0.3, 0.4) is 0 Å². The molecule has 1 aromatic carbocycles. The summed E-state index contributed by atoms with van der Waals surface area (Å²) in [5, 5.41) is 0. The fourth-order valence-corrected chi connectivity index (χ4v) is 1.21. The lowest BCUT2D eigenvalue weighted by Gasteiger charge is -2.18. The average molecular weight is 175 g/mol. The van der Waals surface area contributed by atoms with Gasteiger partial charge in [0.1, 0.15) is 0 Å². The second kappa shape index (κ2) is 3.73. The van der Waals surface area contributed by atoms with Crippen molar-refractivity contribution >= 4 is 6.29 Å². The van der Waals surface area contributed by atoms with Crippen molar-refractivity contribution in [2.75, 3.05) is 0 Å². The minimum Gasteiger partial charge on any atom is -0.291 e. The van der Waals surface area contributed by atoms with Gasteiger partial charge in [-0.05, 0) is 16.5 Å². The van der Waals surface area contributed by atoms with Gasteiger partial charge < -0.3 is 0 Å². The van der Waals surface area contributed by atoms with Crippen LogP contribution in [0.1, 0.15) is 31.9 Å². The van der Waals surface area contributed by atoms with Gasteiger partial charge in [0, 0.05) is 6.42 Å². The van der Waals surface area contributed by atoms with Gasteiger partial charge >= 0.3 is 0 Å². The first-order chi connectivity index (χ1) is 6.04. The summed E-state index contributed by atoms with van der Waals surface area (Å²) >= 11 is 0. The Hall–Kier alpha value is -1.11. The van der Waals surface area contributed by atoms with Crippen LogP contribution in [0.25, 0.3) is 0 Å². The first-order valence-corrected chi connectivity index (χ1v) is 4.48. The third-order valence-electron chi connectivity index (χ3n) is 2.10. The Balaban J connectivity index is 2.87. The number of rotatable bonds is 2. The summed E-state index contributed by atoms with van der Waals surface area (Å²) < 4.78 is 0. The predicted octanol–water partition coefficient (Wildman–Crippen LogP) is 2.64. The van der Waals surface area contributed by atoms with Gasteiger partial charge in [-0.1, -0.05) is 45.0 Å². The van der Waals surface area contributed by atoms with E-state index in [1.807, 2.05) is 18.4 Å². The molecule has 1 radical (unpaired) electrons. The number of carbonyl (C=O) groups excluding carboxylic acids is 1. The summed E-state index contributed by atoms with van der Waals surface area (Å²) in [6.45, 7) is 6.52. The highest BCUT2D eigenvalue weighted by Crippen LogP contribution is 2.21. The van der Waals surface area contributed by atoms with Crippen LogP contribution in [0, 0.1) is 0 Å². The molecular weight excluding hydrogens is 160 g/mol. The number of hydrogen-bond donors (Lipinski definition) is 0. The standard InChI is InChI=1S/C12H15O/c1-12(2,3)11-6-4-10(5-7-11)8-9-13/h4-7H,8H2,1-3H3. The molecule has 1 nitrogen and oxygen atoms in total. The Morgan fingerprint density at radius 2 is 1.69 bits per heavy atom. The van der Waals surface area contributed by atoms with Crippen molar-refractivity contribution in [1.82, 2.24) is 0 Å². The molecule has 0 atom stereocenters. The molecule has 0 N–H and O–H groups in total. The number of hydrogen-bond acceptors (Lipinski definition) is 1. The highest BCUT2D eigenvalue weighted by molar-refractivity contribution is 5.55. The molecule has 0 aliphatic carbocycles. The van der Waals surface area contributed by atoms with Gasteiger partial charge in [-0.3, -0.25) is 4.79 Å². The third kappa shape index (κ3) is 2.69. The molecule has 0 amide bonds. The van der Waals surface area contributed by atoms with E-state index in [9.17, 15) is 4.79 Å². The normalized spacial score (nSPS) is 11.3. The van der Waals surface area contributed by atoms with Gasteiger partial charge in [-0.2, -0.15) is 0 Å². The minimum absolute atomic E-state index is 0.184. The average Bonchev–Trinajstić information content (AvgIpc) is 2.04. The van der Waals surface area contributed by atoms with Gasteiger partial charge in [0.15, 0.2) is 0 Å². The van der Waals surface area contributed by atoms with Crippen molar-refractivity contribution in [1.29, 1.82) is 0 Å². The Labute approximate surface area is 79.8 Å². The maximum Gasteiger partial charge on any atom is 0.203 e. The van der Waals surface area contributed by atoms with Crippen LogP contribution >= 0.6 is 0 Å². The van der Waals surface area contributed by atoms with E-state index < -0.39 is 0 Å². The summed E-state index contributed by atoms with van der Waals surface area (Å²) in [4.78, 5) is 10.1. The van der Waals surface area contributed by atoms with Crippen LogP contribution in [-0.2, 0) is 16.6 Å². The molecule has 0 bridgehead atoms. The molecule has 13 heavy (non-hydrogen) atoms. The zero-order valence-corrected chi connectivity index (χ0v) is 8.42. The Morgan fingerprint density at radius 1 is 1.15 bits per heavy atom. The molecule has 0 spiro atoms. The van der Waals surface area contributed by atoms with Crippen molar-refractivity contribution in [2.24, 2.45) is 0 Å². The zero-order chi connectivity index (χ0) is 9.90. The van der Waals surface area contributed by atoms with E-state index in [0.717, 1.165) is 5.56 Å². The Bertz CT molecular complexity index is 277.